The Labute approximate surface area is 99.0 Å². The van der Waals surface area contributed by atoms with Crippen molar-refractivity contribution in [2.75, 3.05) is 40.3 Å². The molecular formula is C12H25N3O. The van der Waals surface area contributed by atoms with E-state index in [0.717, 1.165) is 13.1 Å². The average molecular weight is 227 g/mol. The van der Waals surface area contributed by atoms with E-state index >= 15 is 0 Å². The number of likely N-dealkylation sites (tertiary alicyclic amines) is 1. The Balaban J connectivity index is 2.33. The molecule has 1 aliphatic rings. The number of nitrogens with one attached hydrogen (secondary N) is 1. The topological polar surface area (TPSA) is 35.6 Å². The van der Waals surface area contributed by atoms with Gasteiger partial charge in [-0.3, -0.25) is 4.79 Å². The number of hydrogen-bond donors (Lipinski definition) is 1. The van der Waals surface area contributed by atoms with Gasteiger partial charge in [0.25, 0.3) is 0 Å². The van der Waals surface area contributed by atoms with Crippen molar-refractivity contribution in [1.82, 2.24) is 15.1 Å². The highest BCUT2D eigenvalue weighted by atomic mass is 16.2. The van der Waals surface area contributed by atoms with Gasteiger partial charge in [0.05, 0.1) is 5.54 Å². The number of nitrogens with zero attached hydrogens (tertiary/aromatic N) is 2. The van der Waals surface area contributed by atoms with Crippen molar-refractivity contribution < 1.29 is 4.79 Å². The Morgan fingerprint density at radius 1 is 1.38 bits per heavy atom. The van der Waals surface area contributed by atoms with Gasteiger partial charge in [-0.05, 0) is 46.8 Å². The van der Waals surface area contributed by atoms with E-state index in [9.17, 15) is 4.79 Å². The van der Waals surface area contributed by atoms with Gasteiger partial charge < -0.3 is 15.1 Å². The lowest BCUT2D eigenvalue weighted by molar-refractivity contribution is -0.135. The molecule has 1 heterocycles. The quantitative estimate of drug-likeness (QED) is 0.744. The Morgan fingerprint density at radius 2 is 1.94 bits per heavy atom. The average Bonchev–Trinajstić information content (AvgIpc) is 2.77. The lowest BCUT2D eigenvalue weighted by atomic mass is 10.0. The summed E-state index contributed by atoms with van der Waals surface area (Å²) in [7, 11) is 3.71. The van der Waals surface area contributed by atoms with Crippen LogP contribution in [0.4, 0.5) is 0 Å². The zero-order valence-electron chi connectivity index (χ0n) is 11.0. The second-order valence-corrected chi connectivity index (χ2v) is 5.15. The molecule has 16 heavy (non-hydrogen) atoms. The van der Waals surface area contributed by atoms with E-state index in [2.05, 4.69) is 10.2 Å². The van der Waals surface area contributed by atoms with Gasteiger partial charge >= 0.3 is 0 Å². The Kier molecular flexibility index (Phi) is 4.74. The van der Waals surface area contributed by atoms with Crippen molar-refractivity contribution in [3.8, 4) is 0 Å². The first-order chi connectivity index (χ1) is 7.47. The zero-order chi connectivity index (χ0) is 12.2. The van der Waals surface area contributed by atoms with Crippen LogP contribution in [0, 0.1) is 0 Å². The molecule has 0 aromatic heterocycles. The highest BCUT2D eigenvalue weighted by Crippen LogP contribution is 2.09. The Morgan fingerprint density at radius 3 is 2.44 bits per heavy atom. The minimum atomic E-state index is -0.459. The Bertz CT molecular complexity index is 234. The SMILES string of the molecule is CNC(C)(C)C(=O)N(C)CCN1CCCC1. The van der Waals surface area contributed by atoms with Crippen LogP contribution in [-0.4, -0.2) is 61.5 Å². The van der Waals surface area contributed by atoms with Gasteiger partial charge in [0.2, 0.25) is 5.91 Å². The third kappa shape index (κ3) is 3.46. The molecule has 1 aliphatic heterocycles. The normalized spacial score (nSPS) is 17.8. The first-order valence-electron chi connectivity index (χ1n) is 6.14. The van der Waals surface area contributed by atoms with Crippen LogP contribution in [0.2, 0.25) is 0 Å². The van der Waals surface area contributed by atoms with Gasteiger partial charge in [-0.25, -0.2) is 0 Å². The van der Waals surface area contributed by atoms with E-state index < -0.39 is 5.54 Å². The molecule has 0 saturated carbocycles. The van der Waals surface area contributed by atoms with Crippen molar-refractivity contribution in [1.29, 1.82) is 0 Å². The molecule has 1 amide bonds. The van der Waals surface area contributed by atoms with Crippen LogP contribution in [-0.2, 0) is 4.79 Å². The molecule has 0 unspecified atom stereocenters. The lowest BCUT2D eigenvalue weighted by Crippen LogP contribution is -2.52. The van der Waals surface area contributed by atoms with E-state index in [-0.39, 0.29) is 5.91 Å². The third-order valence-corrected chi connectivity index (χ3v) is 3.46. The third-order valence-electron chi connectivity index (χ3n) is 3.46. The predicted octanol–water partition coefficient (Wildman–Crippen LogP) is 0.539. The largest absolute Gasteiger partial charge is 0.343 e. The van der Waals surface area contributed by atoms with Crippen molar-refractivity contribution in [3.63, 3.8) is 0 Å². The molecule has 0 aliphatic carbocycles. The molecule has 0 radical (unpaired) electrons. The van der Waals surface area contributed by atoms with Gasteiger partial charge in [0.15, 0.2) is 0 Å². The number of rotatable bonds is 5. The second kappa shape index (κ2) is 5.64. The summed E-state index contributed by atoms with van der Waals surface area (Å²) >= 11 is 0. The van der Waals surface area contributed by atoms with Crippen LogP contribution in [0.5, 0.6) is 0 Å². The molecule has 4 heteroatoms. The summed E-state index contributed by atoms with van der Waals surface area (Å²) < 4.78 is 0. The zero-order valence-corrected chi connectivity index (χ0v) is 11.0. The molecular weight excluding hydrogens is 202 g/mol. The molecule has 4 nitrogen and oxygen atoms in total. The van der Waals surface area contributed by atoms with E-state index in [4.69, 9.17) is 0 Å². The highest BCUT2D eigenvalue weighted by Gasteiger charge is 2.28. The van der Waals surface area contributed by atoms with Gasteiger partial charge in [0, 0.05) is 20.1 Å². The standard InChI is InChI=1S/C12H25N3O/c1-12(2,13-3)11(16)14(4)9-10-15-7-5-6-8-15/h13H,5-10H2,1-4H3. The second-order valence-electron chi connectivity index (χ2n) is 5.15. The van der Waals surface area contributed by atoms with Crippen molar-refractivity contribution >= 4 is 5.91 Å². The van der Waals surface area contributed by atoms with Crippen molar-refractivity contribution in [3.05, 3.63) is 0 Å². The molecule has 1 rings (SSSR count). The van der Waals surface area contributed by atoms with Crippen LogP contribution in [0.15, 0.2) is 0 Å². The van der Waals surface area contributed by atoms with Gasteiger partial charge in [0.1, 0.15) is 0 Å². The fourth-order valence-corrected chi connectivity index (χ4v) is 1.98. The fourth-order valence-electron chi connectivity index (χ4n) is 1.98. The number of carbonyl (C=O) groups is 1. The molecule has 0 bridgehead atoms. The van der Waals surface area contributed by atoms with Crippen LogP contribution in [0.3, 0.4) is 0 Å². The van der Waals surface area contributed by atoms with Gasteiger partial charge in [-0.1, -0.05) is 0 Å². The number of likely N-dealkylation sites (N-methyl/N-ethyl adjacent to an activating group) is 2. The Hall–Kier alpha value is -0.610. The molecule has 1 saturated heterocycles. The predicted molar refractivity (Wildman–Crippen MR) is 66.4 cm³/mol. The highest BCUT2D eigenvalue weighted by molar-refractivity contribution is 5.85. The van der Waals surface area contributed by atoms with Crippen molar-refractivity contribution in [2.45, 2.75) is 32.2 Å². The van der Waals surface area contributed by atoms with Crippen LogP contribution >= 0.6 is 0 Å². The maximum absolute atomic E-state index is 12.0. The molecule has 0 spiro atoms. The summed E-state index contributed by atoms with van der Waals surface area (Å²) in [5.74, 6) is 0.161. The molecule has 0 aromatic carbocycles. The summed E-state index contributed by atoms with van der Waals surface area (Å²) in [6, 6.07) is 0. The monoisotopic (exact) mass is 227 g/mol. The van der Waals surface area contributed by atoms with E-state index in [1.54, 1.807) is 0 Å². The summed E-state index contributed by atoms with van der Waals surface area (Å²) in [5, 5.41) is 3.05. The van der Waals surface area contributed by atoms with E-state index in [1.165, 1.54) is 25.9 Å². The molecule has 0 aromatic rings. The summed E-state index contributed by atoms with van der Waals surface area (Å²) in [4.78, 5) is 16.3. The van der Waals surface area contributed by atoms with E-state index in [1.807, 2.05) is 32.8 Å². The summed E-state index contributed by atoms with van der Waals surface area (Å²) in [6.45, 7) is 8.05. The minimum absolute atomic E-state index is 0.161. The van der Waals surface area contributed by atoms with Crippen LogP contribution < -0.4 is 5.32 Å². The smallest absolute Gasteiger partial charge is 0.242 e. The van der Waals surface area contributed by atoms with E-state index in [0.29, 0.717) is 0 Å². The number of carbonyl (C=O) groups excluding carboxylic acids is 1. The van der Waals surface area contributed by atoms with Gasteiger partial charge in [-0.2, -0.15) is 0 Å². The molecule has 94 valence electrons. The maximum Gasteiger partial charge on any atom is 0.242 e. The summed E-state index contributed by atoms with van der Waals surface area (Å²) in [5.41, 5.74) is -0.459. The number of amides is 1. The van der Waals surface area contributed by atoms with Gasteiger partial charge in [-0.15, -0.1) is 0 Å². The maximum atomic E-state index is 12.0. The molecule has 0 atom stereocenters. The fraction of sp³-hybridized carbons (Fsp3) is 0.917. The lowest BCUT2D eigenvalue weighted by Gasteiger charge is -2.30. The minimum Gasteiger partial charge on any atom is -0.343 e. The number of hydrogen-bond acceptors (Lipinski definition) is 3. The molecule has 1 fully saturated rings. The van der Waals surface area contributed by atoms with Crippen molar-refractivity contribution in [2.24, 2.45) is 0 Å². The van der Waals surface area contributed by atoms with Crippen LogP contribution in [0.1, 0.15) is 26.7 Å². The summed E-state index contributed by atoms with van der Waals surface area (Å²) in [6.07, 6.45) is 2.61. The van der Waals surface area contributed by atoms with Crippen LogP contribution in [0.25, 0.3) is 0 Å². The first-order valence-corrected chi connectivity index (χ1v) is 6.14. The first kappa shape index (κ1) is 13.5. The molecule has 1 N–H and O–H groups in total.